The minimum Gasteiger partial charge on any atom is -0.379 e. The van der Waals surface area contributed by atoms with E-state index in [1.165, 1.54) is 9.75 Å². The predicted molar refractivity (Wildman–Crippen MR) is 82.7 cm³/mol. The summed E-state index contributed by atoms with van der Waals surface area (Å²) in [5, 5.41) is 3.03. The number of ether oxygens (including phenoxy) is 2. The highest BCUT2D eigenvalue weighted by Crippen LogP contribution is 2.49. The standard InChI is InChI=1S/C16H23NO3S/c1-11-3-4-15(21-11)13-9-14(13)16(18)17-6-2-7-20-12-5-8-19-10-12/h3-4,12-14H,2,5-10H2,1H3,(H,17,18)/t12-,13+,14+/m0/s1. The average Bonchev–Trinajstić information content (AvgIpc) is 2.88. The first kappa shape index (κ1) is 15.0. The first-order valence-electron chi connectivity index (χ1n) is 7.77. The lowest BCUT2D eigenvalue weighted by molar-refractivity contribution is -0.122. The van der Waals surface area contributed by atoms with E-state index in [0.29, 0.717) is 19.1 Å². The van der Waals surface area contributed by atoms with Gasteiger partial charge in [0.15, 0.2) is 0 Å². The summed E-state index contributed by atoms with van der Waals surface area (Å²) in [5.41, 5.74) is 0. The molecule has 0 unspecified atom stereocenters. The smallest absolute Gasteiger partial charge is 0.223 e. The lowest BCUT2D eigenvalue weighted by atomic mass is 10.2. The van der Waals surface area contributed by atoms with Gasteiger partial charge in [0.25, 0.3) is 0 Å². The number of aryl methyl sites for hydroxylation is 1. The fraction of sp³-hybridized carbons (Fsp3) is 0.688. The van der Waals surface area contributed by atoms with Crippen LogP contribution in [0.4, 0.5) is 0 Å². The zero-order valence-electron chi connectivity index (χ0n) is 12.5. The van der Waals surface area contributed by atoms with Crippen molar-refractivity contribution in [3.8, 4) is 0 Å². The summed E-state index contributed by atoms with van der Waals surface area (Å²) < 4.78 is 10.9. The maximum atomic E-state index is 12.0. The highest BCUT2D eigenvalue weighted by molar-refractivity contribution is 7.12. The SMILES string of the molecule is Cc1ccc([C@@H]2C[C@H]2C(=O)NCCCO[C@H]2CCOC2)s1. The Kier molecular flexibility index (Phi) is 4.93. The summed E-state index contributed by atoms with van der Waals surface area (Å²) in [6, 6.07) is 4.30. The van der Waals surface area contributed by atoms with Crippen LogP contribution in [0, 0.1) is 12.8 Å². The number of carbonyl (C=O) groups excluding carboxylic acids is 1. The van der Waals surface area contributed by atoms with Crippen LogP contribution in [0.1, 0.15) is 34.9 Å². The van der Waals surface area contributed by atoms with E-state index < -0.39 is 0 Å². The van der Waals surface area contributed by atoms with E-state index in [4.69, 9.17) is 9.47 Å². The molecule has 0 spiro atoms. The molecule has 1 saturated heterocycles. The molecule has 0 aromatic carbocycles. The van der Waals surface area contributed by atoms with Crippen LogP contribution in [-0.4, -0.2) is 38.4 Å². The fourth-order valence-corrected chi connectivity index (χ4v) is 3.82. The molecule has 1 saturated carbocycles. The first-order valence-corrected chi connectivity index (χ1v) is 8.59. The second-order valence-electron chi connectivity index (χ2n) is 5.90. The summed E-state index contributed by atoms with van der Waals surface area (Å²) >= 11 is 1.81. The van der Waals surface area contributed by atoms with Crippen molar-refractivity contribution in [2.75, 3.05) is 26.4 Å². The Bertz CT molecular complexity index is 482. The molecule has 2 aliphatic rings. The van der Waals surface area contributed by atoms with Crippen LogP contribution in [0.15, 0.2) is 12.1 Å². The van der Waals surface area contributed by atoms with Crippen LogP contribution >= 0.6 is 11.3 Å². The van der Waals surface area contributed by atoms with Crippen molar-refractivity contribution in [1.29, 1.82) is 0 Å². The molecule has 5 heteroatoms. The molecule has 1 aliphatic carbocycles. The van der Waals surface area contributed by atoms with Crippen molar-refractivity contribution in [2.45, 2.75) is 38.2 Å². The van der Waals surface area contributed by atoms with E-state index in [1.807, 2.05) is 11.3 Å². The molecule has 3 atom stereocenters. The number of hydrogen-bond acceptors (Lipinski definition) is 4. The summed E-state index contributed by atoms with van der Waals surface area (Å²) in [4.78, 5) is 14.7. The largest absolute Gasteiger partial charge is 0.379 e. The first-order chi connectivity index (χ1) is 10.2. The molecule has 21 heavy (non-hydrogen) atoms. The van der Waals surface area contributed by atoms with Gasteiger partial charge in [-0.05, 0) is 38.3 Å². The molecule has 0 bridgehead atoms. The van der Waals surface area contributed by atoms with Crippen LogP contribution in [-0.2, 0) is 14.3 Å². The van der Waals surface area contributed by atoms with Crippen molar-refractivity contribution in [1.82, 2.24) is 5.32 Å². The molecular weight excluding hydrogens is 286 g/mol. The van der Waals surface area contributed by atoms with Crippen molar-refractivity contribution in [3.05, 3.63) is 21.9 Å². The Labute approximate surface area is 129 Å². The number of carbonyl (C=O) groups is 1. The Morgan fingerprint density at radius 3 is 3.14 bits per heavy atom. The molecule has 3 rings (SSSR count). The monoisotopic (exact) mass is 309 g/mol. The van der Waals surface area contributed by atoms with Gasteiger partial charge in [0, 0.05) is 41.3 Å². The van der Waals surface area contributed by atoms with Crippen LogP contribution in [0.3, 0.4) is 0 Å². The Hall–Kier alpha value is -0.910. The minimum absolute atomic E-state index is 0.187. The molecule has 1 aromatic heterocycles. The van der Waals surface area contributed by atoms with Gasteiger partial charge < -0.3 is 14.8 Å². The predicted octanol–water partition coefficient (Wildman–Crippen LogP) is 2.47. The van der Waals surface area contributed by atoms with E-state index in [-0.39, 0.29) is 17.9 Å². The zero-order chi connectivity index (χ0) is 14.7. The molecule has 4 nitrogen and oxygen atoms in total. The van der Waals surface area contributed by atoms with E-state index in [2.05, 4.69) is 24.4 Å². The van der Waals surface area contributed by atoms with Gasteiger partial charge >= 0.3 is 0 Å². The van der Waals surface area contributed by atoms with Crippen molar-refractivity contribution >= 4 is 17.2 Å². The second-order valence-corrected chi connectivity index (χ2v) is 7.22. The maximum Gasteiger partial charge on any atom is 0.223 e. The molecule has 2 heterocycles. The number of nitrogens with one attached hydrogen (secondary N) is 1. The van der Waals surface area contributed by atoms with E-state index in [9.17, 15) is 4.79 Å². The highest BCUT2D eigenvalue weighted by atomic mass is 32.1. The molecule has 1 amide bonds. The maximum absolute atomic E-state index is 12.0. The molecule has 1 aromatic rings. The molecule has 1 N–H and O–H groups in total. The third-order valence-electron chi connectivity index (χ3n) is 4.12. The Morgan fingerprint density at radius 1 is 1.52 bits per heavy atom. The zero-order valence-corrected chi connectivity index (χ0v) is 13.3. The Balaban J connectivity index is 1.29. The molecule has 0 radical (unpaired) electrons. The number of rotatable bonds is 7. The Morgan fingerprint density at radius 2 is 2.43 bits per heavy atom. The minimum atomic E-state index is 0.187. The fourth-order valence-electron chi connectivity index (χ4n) is 2.76. The lowest BCUT2D eigenvalue weighted by Crippen LogP contribution is -2.27. The number of hydrogen-bond donors (Lipinski definition) is 1. The van der Waals surface area contributed by atoms with Gasteiger partial charge in [-0.2, -0.15) is 0 Å². The van der Waals surface area contributed by atoms with Crippen molar-refractivity contribution in [3.63, 3.8) is 0 Å². The van der Waals surface area contributed by atoms with Gasteiger partial charge in [0.2, 0.25) is 5.91 Å². The highest BCUT2D eigenvalue weighted by Gasteiger charge is 2.44. The molecule has 116 valence electrons. The van der Waals surface area contributed by atoms with E-state index in [1.54, 1.807) is 0 Å². The summed E-state index contributed by atoms with van der Waals surface area (Å²) in [7, 11) is 0. The summed E-state index contributed by atoms with van der Waals surface area (Å²) in [6.45, 7) is 5.05. The molecule has 1 aliphatic heterocycles. The second kappa shape index (κ2) is 6.90. The van der Waals surface area contributed by atoms with Crippen LogP contribution in [0.5, 0.6) is 0 Å². The topological polar surface area (TPSA) is 47.6 Å². The van der Waals surface area contributed by atoms with Crippen molar-refractivity contribution < 1.29 is 14.3 Å². The summed E-state index contributed by atoms with van der Waals surface area (Å²) in [5.74, 6) is 0.845. The number of thiophene rings is 1. The van der Waals surface area contributed by atoms with Crippen molar-refractivity contribution in [2.24, 2.45) is 5.92 Å². The third-order valence-corrected chi connectivity index (χ3v) is 5.25. The van der Waals surface area contributed by atoms with Crippen LogP contribution < -0.4 is 5.32 Å². The quantitative estimate of drug-likeness (QED) is 0.787. The lowest BCUT2D eigenvalue weighted by Gasteiger charge is -2.10. The van der Waals surface area contributed by atoms with Gasteiger partial charge in [-0.1, -0.05) is 0 Å². The van der Waals surface area contributed by atoms with E-state index in [0.717, 1.165) is 32.5 Å². The van der Waals surface area contributed by atoms with Gasteiger partial charge in [-0.25, -0.2) is 0 Å². The van der Waals surface area contributed by atoms with Gasteiger partial charge in [-0.15, -0.1) is 11.3 Å². The van der Waals surface area contributed by atoms with Gasteiger partial charge in [0.05, 0.1) is 12.7 Å². The molecule has 2 fully saturated rings. The van der Waals surface area contributed by atoms with Gasteiger partial charge in [-0.3, -0.25) is 4.79 Å². The number of amides is 1. The third kappa shape index (κ3) is 4.05. The van der Waals surface area contributed by atoms with Crippen LogP contribution in [0.2, 0.25) is 0 Å². The average molecular weight is 309 g/mol. The van der Waals surface area contributed by atoms with Crippen LogP contribution in [0.25, 0.3) is 0 Å². The van der Waals surface area contributed by atoms with E-state index >= 15 is 0 Å². The summed E-state index contributed by atoms with van der Waals surface area (Å²) in [6.07, 6.45) is 3.13. The van der Waals surface area contributed by atoms with Gasteiger partial charge in [0.1, 0.15) is 0 Å². The molecular formula is C16H23NO3S. The normalized spacial score (nSPS) is 27.8.